The predicted octanol–water partition coefficient (Wildman–Crippen LogP) is 12.8. The summed E-state index contributed by atoms with van der Waals surface area (Å²) in [6.07, 6.45) is 20.4. The van der Waals surface area contributed by atoms with Gasteiger partial charge in [0.15, 0.2) is 0 Å². The molecule has 3 aromatic carbocycles. The molecule has 0 unspecified atom stereocenters. The third kappa shape index (κ3) is 12.5. The number of methoxy groups -OCH3 is 1. The molecular weight excluding hydrogens is 1290 g/mol. The highest BCUT2D eigenvalue weighted by Crippen LogP contribution is 2.42. The van der Waals surface area contributed by atoms with Crippen LogP contribution in [0, 0.1) is 5.92 Å². The van der Waals surface area contributed by atoms with Crippen molar-refractivity contribution in [1.82, 2.24) is 78.4 Å². The van der Waals surface area contributed by atoms with Crippen LogP contribution >= 0.6 is 22.7 Å². The SMILES string of the molecule is CCOc1cccc2cc(-c3nc(C4CCC(CNC(C)=O)CC4)n4ccnc(N)c34)[nH]c12.COc1cccc2cc(-c3nc(C4CCN(C(=O)c5ccsc5)CC4)n4ccnc(N)c34)[nH]c12.Nc1nccn2c(C3CCN(C(=O)c4ccsc4)CC3)nc(-c3ccc4cn[nH]c4c3)c12. The van der Waals surface area contributed by atoms with Crippen LogP contribution in [0.4, 0.5) is 17.5 Å². The van der Waals surface area contributed by atoms with E-state index >= 15 is 0 Å². The Kier molecular flexibility index (Phi) is 17.7. The second-order valence-electron chi connectivity index (χ2n) is 25.5. The summed E-state index contributed by atoms with van der Waals surface area (Å²) >= 11 is 3.10. The molecule has 11 aromatic heterocycles. The molecule has 14 aromatic rings. The molecule has 17 rings (SSSR count). The Morgan fingerprint density at radius 3 is 1.56 bits per heavy atom. The molecule has 26 heteroatoms. The van der Waals surface area contributed by atoms with Gasteiger partial charge in [-0.05, 0) is 117 Å². The third-order valence-corrected chi connectivity index (χ3v) is 20.9. The maximum absolute atomic E-state index is 12.8. The highest BCUT2D eigenvalue weighted by atomic mass is 32.1. The van der Waals surface area contributed by atoms with E-state index < -0.39 is 0 Å². The van der Waals surface area contributed by atoms with Gasteiger partial charge >= 0.3 is 0 Å². The monoisotopic (exact) mass is 1360 g/mol. The number of amides is 3. The number of H-pyrrole nitrogens is 3. The summed E-state index contributed by atoms with van der Waals surface area (Å²) < 4.78 is 17.5. The minimum Gasteiger partial charge on any atom is -0.495 e. The Morgan fingerprint density at radius 1 is 0.586 bits per heavy atom. The number of anilines is 3. The number of nitrogen functional groups attached to an aromatic ring is 3. The fourth-order valence-corrected chi connectivity index (χ4v) is 15.7. The van der Waals surface area contributed by atoms with Gasteiger partial charge in [0, 0.05) is 127 Å². The lowest BCUT2D eigenvalue weighted by molar-refractivity contribution is -0.119. The van der Waals surface area contributed by atoms with E-state index in [1.54, 1.807) is 61.5 Å². The van der Waals surface area contributed by atoms with Gasteiger partial charge in [-0.3, -0.25) is 32.7 Å². The quantitative estimate of drug-likeness (QED) is 0.0564. The Labute approximate surface area is 576 Å². The van der Waals surface area contributed by atoms with Crippen LogP contribution in [0.25, 0.3) is 83.3 Å². The van der Waals surface area contributed by atoms with Gasteiger partial charge in [0.2, 0.25) is 5.91 Å². The first-order valence-electron chi connectivity index (χ1n) is 33.5. The van der Waals surface area contributed by atoms with Crippen LogP contribution in [0.1, 0.15) is 121 Å². The number of carbonyl (C=O) groups is 3. The normalized spacial score (nSPS) is 16.2. The second kappa shape index (κ2) is 27.4. The van der Waals surface area contributed by atoms with Crippen LogP contribution in [-0.4, -0.2) is 137 Å². The molecule has 3 aliphatic rings. The average molecular weight is 1360 g/mol. The van der Waals surface area contributed by atoms with Crippen molar-refractivity contribution in [2.45, 2.75) is 83.0 Å². The largest absolute Gasteiger partial charge is 0.495 e. The number of likely N-dealkylation sites (tertiary alicyclic amines) is 2. The molecule has 0 bridgehead atoms. The van der Waals surface area contributed by atoms with Crippen molar-refractivity contribution in [2.24, 2.45) is 5.92 Å². The molecule has 1 aliphatic carbocycles. The number of para-hydroxylation sites is 2. The number of carbonyl (C=O) groups excluding carboxylic acids is 3. The fraction of sp³-hybridized carbons (Fsp3) is 0.288. The maximum Gasteiger partial charge on any atom is 0.254 e. The molecule has 0 spiro atoms. The number of hydrogen-bond donors (Lipinski definition) is 7. The number of benzene rings is 3. The summed E-state index contributed by atoms with van der Waals surface area (Å²) in [6.45, 7) is 7.74. The molecule has 3 fully saturated rings. The lowest BCUT2D eigenvalue weighted by atomic mass is 9.81. The number of hydrogen-bond acceptors (Lipinski definition) is 17. The molecule has 10 N–H and O–H groups in total. The predicted molar refractivity (Wildman–Crippen MR) is 387 cm³/mol. The summed E-state index contributed by atoms with van der Waals surface area (Å²) in [5.74, 6) is 7.47. The maximum atomic E-state index is 12.8. The number of nitrogens with two attached hydrogens (primary N) is 3. The second-order valence-corrected chi connectivity index (χ2v) is 27.0. The lowest BCUT2D eigenvalue weighted by Crippen LogP contribution is -2.38. The molecule has 2 aliphatic heterocycles. The highest BCUT2D eigenvalue weighted by Gasteiger charge is 2.33. The minimum atomic E-state index is 0.0369. The van der Waals surface area contributed by atoms with Crippen molar-refractivity contribution in [1.29, 1.82) is 0 Å². The molecule has 0 radical (unpaired) electrons. The molecule has 1 saturated carbocycles. The molecule has 504 valence electrons. The molecule has 13 heterocycles. The van der Waals surface area contributed by atoms with Crippen molar-refractivity contribution >= 4 is 107 Å². The summed E-state index contributed by atoms with van der Waals surface area (Å²) in [6, 6.07) is 26.0. The summed E-state index contributed by atoms with van der Waals surface area (Å²) in [4.78, 5) is 75.8. The zero-order valence-corrected chi connectivity index (χ0v) is 56.7. The number of rotatable bonds is 13. The van der Waals surface area contributed by atoms with E-state index in [4.69, 9.17) is 41.6 Å². The van der Waals surface area contributed by atoms with E-state index in [9.17, 15) is 14.4 Å². The van der Waals surface area contributed by atoms with E-state index in [2.05, 4.69) is 71.8 Å². The van der Waals surface area contributed by atoms with Gasteiger partial charge in [-0.2, -0.15) is 27.8 Å². The summed E-state index contributed by atoms with van der Waals surface area (Å²) in [7, 11) is 1.66. The van der Waals surface area contributed by atoms with Gasteiger partial charge in [0.25, 0.3) is 11.8 Å². The van der Waals surface area contributed by atoms with Crippen molar-refractivity contribution in [3.05, 3.63) is 172 Å². The first-order chi connectivity index (χ1) is 48.4. The Morgan fingerprint density at radius 2 is 1.07 bits per heavy atom. The number of aromatic amines is 3. The molecule has 24 nitrogen and oxygen atoms in total. The number of piperidine rings is 2. The molecular formula is C73H75N19O5S2. The first kappa shape index (κ1) is 63.9. The van der Waals surface area contributed by atoms with E-state index in [-0.39, 0.29) is 29.6 Å². The van der Waals surface area contributed by atoms with Crippen molar-refractivity contribution in [3.8, 4) is 45.5 Å². The zero-order valence-electron chi connectivity index (χ0n) is 55.0. The van der Waals surface area contributed by atoms with Crippen LogP contribution in [-0.2, 0) is 4.79 Å². The molecule has 3 amide bonds. The molecule has 0 atom stereocenters. The third-order valence-electron chi connectivity index (χ3n) is 19.5. The zero-order chi connectivity index (χ0) is 67.8. The molecule has 99 heavy (non-hydrogen) atoms. The van der Waals surface area contributed by atoms with Crippen molar-refractivity contribution < 1.29 is 23.9 Å². The number of ether oxygens (including phenoxy) is 2. The van der Waals surface area contributed by atoms with Gasteiger partial charge in [-0.25, -0.2) is 29.9 Å². The Hall–Kier alpha value is -11.1. The topological polar surface area (TPSA) is 317 Å². The van der Waals surface area contributed by atoms with Gasteiger partial charge in [0.1, 0.15) is 80.1 Å². The van der Waals surface area contributed by atoms with E-state index in [1.165, 1.54) is 0 Å². The number of aromatic nitrogens is 13. The fourth-order valence-electron chi connectivity index (χ4n) is 14.5. The van der Waals surface area contributed by atoms with Crippen molar-refractivity contribution in [2.75, 3.05) is 63.6 Å². The average Bonchev–Trinajstić information content (AvgIpc) is 1.62. The number of nitrogens with zero attached hydrogens (tertiary/aromatic N) is 12. The van der Waals surface area contributed by atoms with Gasteiger partial charge < -0.3 is 51.8 Å². The standard InChI is InChI=1S/C25H24N6O2S.C25H30N6O2.C23H21N7OS/c1-33-19-4-2-3-16-13-18(28-20(16)19)21-22-23(26)27-8-11-31(22)24(29-21)15-5-9-30(10-6-15)25(32)17-7-12-34-14-17;1-3-33-20-6-4-5-18-13-19(29-21(18)20)22-23-24(26)27-11-12-31(23)25(30-22)17-9-7-16(8-10-17)14-28-15(2)32;24-21-20-19(15-1-2-16-12-26-28-18(16)11-15)27-22(30(20)9-6-25-21)14-3-7-29(8-4-14)23(31)17-5-10-32-13-17/h2-4,7-8,11-15,28H,5-6,9-10H2,1H3,(H2,26,27);4-6,11-13,16-17,29H,3,7-10,14H2,1-2H3,(H2,26,27)(H,28,32);1-2,5-6,9-14H,3-4,7-8H2,(H2,24,25)(H,26,28). The number of fused-ring (bicyclic) bond motifs is 6. The van der Waals surface area contributed by atoms with Crippen LogP contribution in [0.3, 0.4) is 0 Å². The number of imidazole rings is 3. The Balaban J connectivity index is 0.000000121. The van der Waals surface area contributed by atoms with E-state index in [0.29, 0.717) is 62.1 Å². The lowest BCUT2D eigenvalue weighted by Gasteiger charge is -2.31. The van der Waals surface area contributed by atoms with Crippen LogP contribution in [0.2, 0.25) is 0 Å². The van der Waals surface area contributed by atoms with Gasteiger partial charge in [0.05, 0.1) is 59.0 Å². The summed E-state index contributed by atoms with van der Waals surface area (Å²) in [5.41, 5.74) is 30.9. The highest BCUT2D eigenvalue weighted by molar-refractivity contribution is 7.08. The van der Waals surface area contributed by atoms with Crippen LogP contribution < -0.4 is 32.0 Å². The summed E-state index contributed by atoms with van der Waals surface area (Å²) in [5, 5.41) is 21.0. The smallest absolute Gasteiger partial charge is 0.254 e. The van der Waals surface area contributed by atoms with Crippen molar-refractivity contribution in [3.63, 3.8) is 0 Å². The number of nitrogens with one attached hydrogen (secondary N) is 4. The van der Waals surface area contributed by atoms with Gasteiger partial charge in [-0.1, -0.05) is 36.4 Å². The van der Waals surface area contributed by atoms with E-state index in [0.717, 1.165) is 181 Å². The van der Waals surface area contributed by atoms with Crippen LogP contribution in [0.15, 0.2) is 144 Å². The van der Waals surface area contributed by atoms with Gasteiger partial charge in [-0.15, -0.1) is 0 Å². The molecule has 2 saturated heterocycles. The Bertz CT molecular complexity index is 5250. The van der Waals surface area contributed by atoms with E-state index in [1.807, 2.05) is 117 Å². The first-order valence-corrected chi connectivity index (χ1v) is 35.4. The minimum absolute atomic E-state index is 0.0369. The number of thiophene rings is 2. The van der Waals surface area contributed by atoms with Crippen LogP contribution in [0.5, 0.6) is 11.5 Å².